The van der Waals surface area contributed by atoms with E-state index in [-0.39, 0.29) is 34.9 Å². The molecule has 2 bridgehead atoms. The first-order valence-corrected chi connectivity index (χ1v) is 12.6. The summed E-state index contributed by atoms with van der Waals surface area (Å²) in [5, 5.41) is 2.86. The average molecular weight is 548 g/mol. The van der Waals surface area contributed by atoms with Crippen LogP contribution in [-0.2, 0) is 11.3 Å². The van der Waals surface area contributed by atoms with Crippen LogP contribution in [0.4, 0.5) is 0 Å². The summed E-state index contributed by atoms with van der Waals surface area (Å²) in [6, 6.07) is 19.7. The lowest BCUT2D eigenvalue weighted by Crippen LogP contribution is -2.50. The second kappa shape index (κ2) is 10.1. The summed E-state index contributed by atoms with van der Waals surface area (Å²) in [5.41, 5.74) is 2.37. The summed E-state index contributed by atoms with van der Waals surface area (Å²) in [4.78, 5) is 41.1. The Labute approximate surface area is 217 Å². The van der Waals surface area contributed by atoms with Crippen molar-refractivity contribution in [2.75, 3.05) is 20.2 Å². The summed E-state index contributed by atoms with van der Waals surface area (Å²) >= 11 is 3.42. The number of aromatic nitrogens is 1. The van der Waals surface area contributed by atoms with Gasteiger partial charge in [0.25, 0.3) is 17.4 Å². The van der Waals surface area contributed by atoms with Gasteiger partial charge in [-0.05, 0) is 70.2 Å². The van der Waals surface area contributed by atoms with Crippen LogP contribution in [0, 0.1) is 5.92 Å². The van der Waals surface area contributed by atoms with E-state index in [1.807, 2.05) is 41.0 Å². The monoisotopic (exact) mass is 547 g/mol. The Kier molecular flexibility index (Phi) is 6.78. The van der Waals surface area contributed by atoms with E-state index in [0.29, 0.717) is 35.4 Å². The van der Waals surface area contributed by atoms with Crippen molar-refractivity contribution in [3.05, 3.63) is 104 Å². The number of carbonyl (C=O) groups excluding carboxylic acids is 2. The molecule has 2 unspecified atom stereocenters. The molecule has 2 aliphatic heterocycles. The van der Waals surface area contributed by atoms with Crippen molar-refractivity contribution >= 4 is 33.8 Å². The molecule has 1 fully saturated rings. The number of likely N-dealkylation sites (tertiary alicyclic amines) is 1. The summed E-state index contributed by atoms with van der Waals surface area (Å²) < 4.78 is 7.72. The van der Waals surface area contributed by atoms with Crippen LogP contribution in [0.5, 0.6) is 5.75 Å². The third-order valence-corrected chi connectivity index (χ3v) is 7.48. The first-order valence-electron chi connectivity index (χ1n) is 11.8. The highest BCUT2D eigenvalue weighted by Crippen LogP contribution is 2.35. The zero-order chi connectivity index (χ0) is 25.2. The number of carbonyl (C=O) groups is 2. The first kappa shape index (κ1) is 24.1. The fraction of sp³-hybridized carbons (Fsp3) is 0.250. The smallest absolute Gasteiger partial charge is 0.270 e. The third kappa shape index (κ3) is 4.86. The van der Waals surface area contributed by atoms with Crippen molar-refractivity contribution in [3.63, 3.8) is 0 Å². The maximum atomic E-state index is 13.8. The summed E-state index contributed by atoms with van der Waals surface area (Å²) in [6.45, 7) is 1.61. The van der Waals surface area contributed by atoms with Gasteiger partial charge in [0.2, 0.25) is 0 Å². The number of fused-ring (bicyclic) bond motifs is 4. The van der Waals surface area contributed by atoms with E-state index in [4.69, 9.17) is 4.74 Å². The third-order valence-electron chi connectivity index (χ3n) is 6.79. The zero-order valence-electron chi connectivity index (χ0n) is 19.8. The topological polar surface area (TPSA) is 80.6 Å². The van der Waals surface area contributed by atoms with Gasteiger partial charge >= 0.3 is 0 Å². The minimum Gasteiger partial charge on any atom is -0.497 e. The quantitative estimate of drug-likeness (QED) is 0.489. The second-order valence-corrected chi connectivity index (χ2v) is 10.0. The van der Waals surface area contributed by atoms with E-state index >= 15 is 0 Å². The van der Waals surface area contributed by atoms with E-state index in [1.54, 1.807) is 48.4 Å². The Morgan fingerprint density at radius 3 is 2.53 bits per heavy atom. The molecule has 184 valence electrons. The lowest BCUT2D eigenvalue weighted by molar-refractivity contribution is -0.130. The van der Waals surface area contributed by atoms with Crippen molar-refractivity contribution in [1.29, 1.82) is 0 Å². The number of piperidine rings is 1. The lowest BCUT2D eigenvalue weighted by atomic mass is 9.83. The van der Waals surface area contributed by atoms with Crippen LogP contribution in [0.25, 0.3) is 6.08 Å². The van der Waals surface area contributed by atoms with Crippen molar-refractivity contribution < 1.29 is 14.3 Å². The van der Waals surface area contributed by atoms with E-state index in [1.165, 1.54) is 0 Å². The van der Waals surface area contributed by atoms with Crippen molar-refractivity contribution in [3.8, 4) is 5.75 Å². The van der Waals surface area contributed by atoms with Crippen LogP contribution in [0.15, 0.2) is 81.7 Å². The number of rotatable bonds is 5. The maximum absolute atomic E-state index is 13.8. The van der Waals surface area contributed by atoms with Gasteiger partial charge in [-0.3, -0.25) is 14.4 Å². The number of methoxy groups -OCH3 is 1. The molecule has 0 aliphatic carbocycles. The Hall–Kier alpha value is -3.65. The molecule has 1 aromatic heterocycles. The van der Waals surface area contributed by atoms with Crippen LogP contribution in [0.3, 0.4) is 0 Å². The fourth-order valence-corrected chi connectivity index (χ4v) is 5.55. The van der Waals surface area contributed by atoms with Crippen molar-refractivity contribution in [1.82, 2.24) is 14.8 Å². The van der Waals surface area contributed by atoms with Gasteiger partial charge in [0.1, 0.15) is 11.4 Å². The molecule has 2 atom stereocenters. The molecule has 3 heterocycles. The second-order valence-electron chi connectivity index (χ2n) is 9.17. The molecule has 0 spiro atoms. The predicted octanol–water partition coefficient (Wildman–Crippen LogP) is 4.04. The summed E-state index contributed by atoms with van der Waals surface area (Å²) in [6.07, 6.45) is 2.63. The highest BCUT2D eigenvalue weighted by atomic mass is 79.9. The number of ether oxygens (including phenoxy) is 1. The van der Waals surface area contributed by atoms with Gasteiger partial charge in [0, 0.05) is 41.8 Å². The number of benzene rings is 2. The van der Waals surface area contributed by atoms with E-state index < -0.39 is 0 Å². The number of nitrogens with one attached hydrogen (secondary N) is 1. The molecule has 1 saturated heterocycles. The Morgan fingerprint density at radius 1 is 1.00 bits per heavy atom. The average Bonchev–Trinajstić information content (AvgIpc) is 2.89. The Balaban J connectivity index is 1.45. The standard InChI is InChI=1S/C28H26BrN3O4/c1-36-21-11-9-18(10-12-21)14-24(30-27(34)22-5-2-3-6-23(22)29)28(35)31-15-19-13-20(17-31)25-7-4-8-26(33)32(25)16-19/h2-12,14,19-20H,13,15-17H2,1H3,(H,30,34)/b24-14-. The number of pyridine rings is 1. The predicted molar refractivity (Wildman–Crippen MR) is 141 cm³/mol. The lowest BCUT2D eigenvalue weighted by Gasteiger charge is -2.43. The number of hydrogen-bond acceptors (Lipinski definition) is 4. The van der Waals surface area contributed by atoms with Crippen LogP contribution in [-0.4, -0.2) is 41.5 Å². The minimum absolute atomic E-state index is 0.00256. The van der Waals surface area contributed by atoms with Gasteiger partial charge in [0.15, 0.2) is 0 Å². The SMILES string of the molecule is COc1ccc(/C=C(\NC(=O)c2ccccc2Br)C(=O)N2CC3CC(C2)c2cccc(=O)n2C3)cc1. The highest BCUT2D eigenvalue weighted by Gasteiger charge is 2.37. The molecule has 2 amide bonds. The van der Waals surface area contributed by atoms with Gasteiger partial charge in [0.05, 0.1) is 12.7 Å². The van der Waals surface area contributed by atoms with Gasteiger partial charge in [-0.1, -0.05) is 30.3 Å². The van der Waals surface area contributed by atoms with Crippen LogP contribution >= 0.6 is 15.9 Å². The van der Waals surface area contributed by atoms with E-state index in [0.717, 1.165) is 17.7 Å². The highest BCUT2D eigenvalue weighted by molar-refractivity contribution is 9.10. The summed E-state index contributed by atoms with van der Waals surface area (Å²) in [5.74, 6) is 0.352. The van der Waals surface area contributed by atoms with E-state index in [9.17, 15) is 14.4 Å². The van der Waals surface area contributed by atoms with Gasteiger partial charge in [-0.2, -0.15) is 0 Å². The summed E-state index contributed by atoms with van der Waals surface area (Å²) in [7, 11) is 1.59. The molecule has 1 N–H and O–H groups in total. The van der Waals surface area contributed by atoms with Gasteiger partial charge in [-0.15, -0.1) is 0 Å². The number of nitrogens with zero attached hydrogens (tertiary/aromatic N) is 2. The van der Waals surface area contributed by atoms with Gasteiger partial charge < -0.3 is 19.5 Å². The zero-order valence-corrected chi connectivity index (χ0v) is 21.4. The number of hydrogen-bond donors (Lipinski definition) is 1. The molecule has 5 rings (SSSR count). The molecule has 36 heavy (non-hydrogen) atoms. The van der Waals surface area contributed by atoms with Crippen LogP contribution < -0.4 is 15.6 Å². The molecule has 3 aromatic rings. The van der Waals surface area contributed by atoms with Crippen molar-refractivity contribution in [2.45, 2.75) is 18.9 Å². The van der Waals surface area contributed by atoms with Crippen LogP contribution in [0.1, 0.15) is 34.0 Å². The number of halogens is 1. The molecular weight excluding hydrogens is 522 g/mol. The van der Waals surface area contributed by atoms with E-state index in [2.05, 4.69) is 21.2 Å². The molecule has 0 radical (unpaired) electrons. The molecule has 8 heteroatoms. The molecular formula is C28H26BrN3O4. The maximum Gasteiger partial charge on any atom is 0.270 e. The Morgan fingerprint density at radius 2 is 1.78 bits per heavy atom. The normalized spacial score (nSPS) is 18.8. The minimum atomic E-state index is -0.371. The Bertz CT molecular complexity index is 1400. The molecule has 0 saturated carbocycles. The van der Waals surface area contributed by atoms with Gasteiger partial charge in [-0.25, -0.2) is 0 Å². The largest absolute Gasteiger partial charge is 0.497 e. The molecule has 2 aromatic carbocycles. The van der Waals surface area contributed by atoms with Crippen molar-refractivity contribution in [2.24, 2.45) is 5.92 Å². The molecule has 7 nitrogen and oxygen atoms in total. The molecule has 2 aliphatic rings. The fourth-order valence-electron chi connectivity index (χ4n) is 5.09. The number of amides is 2. The first-order chi connectivity index (χ1) is 17.4. The van der Waals surface area contributed by atoms with Crippen LogP contribution in [0.2, 0.25) is 0 Å².